The number of benzene rings is 1. The molecule has 1 aromatic carbocycles. The van der Waals surface area contributed by atoms with Crippen molar-refractivity contribution in [3.8, 4) is 0 Å². The third kappa shape index (κ3) is 11.8. The van der Waals surface area contributed by atoms with Crippen molar-refractivity contribution in [3.05, 3.63) is 47.0 Å². The van der Waals surface area contributed by atoms with E-state index in [0.29, 0.717) is 6.42 Å². The molecular weight excluding hydrogens is 436 g/mol. The second-order valence-corrected chi connectivity index (χ2v) is 8.43. The molecule has 0 spiro atoms. The molecule has 0 saturated heterocycles. The number of aromatic carboxylic acids is 2. The van der Waals surface area contributed by atoms with Gasteiger partial charge in [0, 0.05) is 6.42 Å². The standard InChI is InChI=1S/C27H38O7/c1-2-3-4-5-6-7-8-9-10-11-12-13-14-15-16-20-23(28)34-27(33)22-19-17-18-21(25(29)30)24(22)26(31)32/h9-10,17-19H,2-8,11-16,20H2,1H3,(H,29,30)(H,31,32)/b10-9-. The quantitative estimate of drug-likeness (QED) is 0.104. The van der Waals surface area contributed by atoms with Crippen LogP contribution in [0.4, 0.5) is 0 Å². The fourth-order valence-electron chi connectivity index (χ4n) is 3.68. The molecule has 0 atom stereocenters. The molecule has 1 aromatic rings. The van der Waals surface area contributed by atoms with Crippen LogP contribution in [0.5, 0.6) is 0 Å². The number of carboxylic acid groups (broad SMARTS) is 2. The minimum Gasteiger partial charge on any atom is -0.478 e. The highest BCUT2D eigenvalue weighted by atomic mass is 16.6. The van der Waals surface area contributed by atoms with Gasteiger partial charge in [-0.15, -0.1) is 0 Å². The van der Waals surface area contributed by atoms with Crippen LogP contribution in [0.1, 0.15) is 128 Å². The van der Waals surface area contributed by atoms with Crippen molar-refractivity contribution in [1.82, 2.24) is 0 Å². The Kier molecular flexibility index (Phi) is 15.0. The molecule has 0 aliphatic rings. The predicted octanol–water partition coefficient (Wildman–Crippen LogP) is 6.80. The summed E-state index contributed by atoms with van der Waals surface area (Å²) in [5.74, 6) is -4.96. The molecule has 0 bridgehead atoms. The molecule has 188 valence electrons. The predicted molar refractivity (Wildman–Crippen MR) is 130 cm³/mol. The van der Waals surface area contributed by atoms with E-state index >= 15 is 0 Å². The molecular formula is C27H38O7. The van der Waals surface area contributed by atoms with Gasteiger partial charge in [0.2, 0.25) is 0 Å². The minimum absolute atomic E-state index is 0.0466. The number of hydrogen-bond acceptors (Lipinski definition) is 5. The average Bonchev–Trinajstić information content (AvgIpc) is 2.80. The van der Waals surface area contributed by atoms with Crippen molar-refractivity contribution in [3.63, 3.8) is 0 Å². The first-order valence-corrected chi connectivity index (χ1v) is 12.4. The number of hydrogen-bond donors (Lipinski definition) is 2. The fourth-order valence-corrected chi connectivity index (χ4v) is 3.68. The van der Waals surface area contributed by atoms with Gasteiger partial charge in [-0.1, -0.05) is 76.5 Å². The van der Waals surface area contributed by atoms with E-state index in [2.05, 4.69) is 19.1 Å². The summed E-state index contributed by atoms with van der Waals surface area (Å²) >= 11 is 0. The normalized spacial score (nSPS) is 11.0. The second-order valence-electron chi connectivity index (χ2n) is 8.43. The van der Waals surface area contributed by atoms with Crippen LogP contribution in [0.2, 0.25) is 0 Å². The maximum absolute atomic E-state index is 12.2. The highest BCUT2D eigenvalue weighted by Gasteiger charge is 2.25. The zero-order chi connectivity index (χ0) is 25.2. The number of esters is 2. The average molecular weight is 475 g/mol. The zero-order valence-electron chi connectivity index (χ0n) is 20.2. The van der Waals surface area contributed by atoms with E-state index < -0.39 is 40.6 Å². The molecule has 0 heterocycles. The van der Waals surface area contributed by atoms with Gasteiger partial charge in [-0.2, -0.15) is 0 Å². The molecule has 7 nitrogen and oxygen atoms in total. The van der Waals surface area contributed by atoms with Crippen molar-refractivity contribution >= 4 is 23.9 Å². The molecule has 0 aliphatic carbocycles. The van der Waals surface area contributed by atoms with Crippen LogP contribution in [0, 0.1) is 0 Å². The van der Waals surface area contributed by atoms with E-state index in [0.717, 1.165) is 50.7 Å². The summed E-state index contributed by atoms with van der Waals surface area (Å²) in [7, 11) is 0. The lowest BCUT2D eigenvalue weighted by Crippen LogP contribution is -2.18. The van der Waals surface area contributed by atoms with Gasteiger partial charge >= 0.3 is 23.9 Å². The van der Waals surface area contributed by atoms with Crippen LogP contribution in [-0.4, -0.2) is 34.1 Å². The Bertz CT molecular complexity index is 826. The van der Waals surface area contributed by atoms with Crippen molar-refractivity contribution in [2.24, 2.45) is 0 Å². The molecule has 0 aromatic heterocycles. The first-order valence-electron chi connectivity index (χ1n) is 12.4. The number of rotatable bonds is 18. The summed E-state index contributed by atoms with van der Waals surface area (Å²) in [4.78, 5) is 46.8. The Balaban J connectivity index is 2.19. The van der Waals surface area contributed by atoms with Gasteiger partial charge in [0.15, 0.2) is 0 Å². The van der Waals surface area contributed by atoms with Gasteiger partial charge in [0.05, 0.1) is 16.7 Å². The summed E-state index contributed by atoms with van der Waals surface area (Å²) < 4.78 is 4.74. The lowest BCUT2D eigenvalue weighted by molar-refractivity contribution is -0.138. The van der Waals surface area contributed by atoms with Gasteiger partial charge in [-0.25, -0.2) is 14.4 Å². The molecule has 1 rings (SSSR count). The molecule has 34 heavy (non-hydrogen) atoms. The van der Waals surface area contributed by atoms with Gasteiger partial charge in [0.25, 0.3) is 0 Å². The van der Waals surface area contributed by atoms with Crippen molar-refractivity contribution in [1.29, 1.82) is 0 Å². The van der Waals surface area contributed by atoms with Gasteiger partial charge in [-0.3, -0.25) is 4.79 Å². The smallest absolute Gasteiger partial charge is 0.346 e. The number of unbranched alkanes of at least 4 members (excludes halogenated alkanes) is 11. The highest BCUT2D eigenvalue weighted by molar-refractivity contribution is 6.10. The Labute approximate surface area is 202 Å². The van der Waals surface area contributed by atoms with Crippen molar-refractivity contribution < 1.29 is 34.1 Å². The first-order chi connectivity index (χ1) is 16.4. The van der Waals surface area contributed by atoms with E-state index in [1.54, 1.807) is 0 Å². The van der Waals surface area contributed by atoms with Crippen molar-refractivity contribution in [2.75, 3.05) is 0 Å². The lowest BCUT2D eigenvalue weighted by Gasteiger charge is -2.08. The van der Waals surface area contributed by atoms with Crippen molar-refractivity contribution in [2.45, 2.75) is 96.8 Å². The molecule has 7 heteroatoms. The van der Waals surface area contributed by atoms with Crippen LogP contribution in [0.25, 0.3) is 0 Å². The van der Waals surface area contributed by atoms with Gasteiger partial charge in [0.1, 0.15) is 0 Å². The molecule has 0 unspecified atom stereocenters. The number of carbonyl (C=O) groups is 4. The number of carbonyl (C=O) groups excluding carboxylic acids is 2. The Morgan fingerprint density at radius 3 is 1.82 bits per heavy atom. The monoisotopic (exact) mass is 474 g/mol. The Morgan fingerprint density at radius 1 is 0.735 bits per heavy atom. The summed E-state index contributed by atoms with van der Waals surface area (Å²) in [5, 5.41) is 18.4. The van der Waals surface area contributed by atoms with E-state index in [-0.39, 0.29) is 6.42 Å². The topological polar surface area (TPSA) is 118 Å². The van der Waals surface area contributed by atoms with Gasteiger partial charge < -0.3 is 14.9 Å². The molecule has 0 amide bonds. The second kappa shape index (κ2) is 17.5. The molecule has 0 saturated carbocycles. The summed E-state index contributed by atoms with van der Waals surface area (Å²) in [6, 6.07) is 3.45. The van der Waals surface area contributed by atoms with Crippen LogP contribution in [0.3, 0.4) is 0 Å². The number of ether oxygens (including phenoxy) is 1. The molecule has 0 aliphatic heterocycles. The third-order valence-corrected chi connectivity index (χ3v) is 5.58. The number of allylic oxidation sites excluding steroid dienone is 2. The van der Waals surface area contributed by atoms with Crippen LogP contribution in [-0.2, 0) is 9.53 Å². The van der Waals surface area contributed by atoms with E-state index in [1.807, 2.05) is 0 Å². The molecule has 0 radical (unpaired) electrons. The Hall–Kier alpha value is -2.96. The maximum Gasteiger partial charge on any atom is 0.346 e. The number of carboxylic acids is 2. The van der Waals surface area contributed by atoms with Crippen LogP contribution < -0.4 is 0 Å². The highest BCUT2D eigenvalue weighted by Crippen LogP contribution is 2.17. The SMILES string of the molecule is CCCCCCCC/C=C\CCCCCCCC(=O)OC(=O)c1cccc(C(=O)O)c1C(=O)O. The summed E-state index contributed by atoms with van der Waals surface area (Å²) in [6.45, 7) is 2.23. The van der Waals surface area contributed by atoms with Crippen LogP contribution >= 0.6 is 0 Å². The third-order valence-electron chi connectivity index (χ3n) is 5.58. The minimum atomic E-state index is -1.57. The summed E-state index contributed by atoms with van der Waals surface area (Å²) in [6.07, 6.45) is 19.2. The summed E-state index contributed by atoms with van der Waals surface area (Å²) in [5.41, 5.74) is -1.68. The lowest BCUT2D eigenvalue weighted by atomic mass is 10.0. The fraction of sp³-hybridized carbons (Fsp3) is 0.556. The zero-order valence-corrected chi connectivity index (χ0v) is 20.2. The molecule has 0 fully saturated rings. The van der Waals surface area contributed by atoms with E-state index in [9.17, 15) is 24.3 Å². The maximum atomic E-state index is 12.2. The molecule has 2 N–H and O–H groups in total. The van der Waals surface area contributed by atoms with Crippen LogP contribution in [0.15, 0.2) is 30.4 Å². The van der Waals surface area contributed by atoms with E-state index in [4.69, 9.17) is 9.84 Å². The van der Waals surface area contributed by atoms with E-state index in [1.165, 1.54) is 44.6 Å². The van der Waals surface area contributed by atoms with Gasteiger partial charge in [-0.05, 0) is 44.2 Å². The Morgan fingerprint density at radius 2 is 1.26 bits per heavy atom. The largest absolute Gasteiger partial charge is 0.478 e. The first kappa shape index (κ1) is 29.1.